The highest BCUT2D eigenvalue weighted by Gasteiger charge is 2.13. The Balaban J connectivity index is 2.06. The van der Waals surface area contributed by atoms with Gasteiger partial charge in [0.15, 0.2) is 0 Å². The molecule has 20 heavy (non-hydrogen) atoms. The van der Waals surface area contributed by atoms with Crippen molar-refractivity contribution in [2.75, 3.05) is 52.4 Å². The Morgan fingerprint density at radius 2 is 1.35 bits per heavy atom. The smallest absolute Gasteiger partial charge is 0.000666 e. The summed E-state index contributed by atoms with van der Waals surface area (Å²) in [6.07, 6.45) is 6.95. The van der Waals surface area contributed by atoms with Crippen LogP contribution in [0, 0.1) is 5.92 Å². The number of piperidine rings is 1. The van der Waals surface area contributed by atoms with E-state index in [2.05, 4.69) is 35.9 Å². The summed E-state index contributed by atoms with van der Waals surface area (Å²) in [4.78, 5) is 5.17. The third-order valence-corrected chi connectivity index (χ3v) is 4.84. The molecular weight excluding hydrogens is 246 g/mol. The van der Waals surface area contributed by atoms with Crippen LogP contribution in [0.15, 0.2) is 0 Å². The fourth-order valence-electron chi connectivity index (χ4n) is 3.26. The van der Waals surface area contributed by atoms with E-state index >= 15 is 0 Å². The third-order valence-electron chi connectivity index (χ3n) is 4.84. The van der Waals surface area contributed by atoms with E-state index in [4.69, 9.17) is 0 Å². The standard InChI is InChI=1S/C17H37N3/c1-4-19(5-2)15-8-16-20(6-3)14-7-9-17-10-12-18-13-11-17/h17-18H,4-16H2,1-3H3. The molecule has 0 aromatic carbocycles. The fourth-order valence-corrected chi connectivity index (χ4v) is 3.26. The summed E-state index contributed by atoms with van der Waals surface area (Å²) in [7, 11) is 0. The molecule has 0 aromatic heterocycles. The lowest BCUT2D eigenvalue weighted by Crippen LogP contribution is -2.31. The number of hydrogen-bond acceptors (Lipinski definition) is 3. The molecular formula is C17H37N3. The maximum absolute atomic E-state index is 3.46. The molecule has 0 unspecified atom stereocenters. The second-order valence-corrected chi connectivity index (χ2v) is 6.15. The zero-order valence-electron chi connectivity index (χ0n) is 14.2. The average Bonchev–Trinajstić information content (AvgIpc) is 2.51. The summed E-state index contributed by atoms with van der Waals surface area (Å²) >= 11 is 0. The lowest BCUT2D eigenvalue weighted by molar-refractivity contribution is 0.232. The highest BCUT2D eigenvalue weighted by molar-refractivity contribution is 4.69. The Bertz CT molecular complexity index is 210. The quantitative estimate of drug-likeness (QED) is 0.629. The Morgan fingerprint density at radius 3 is 1.95 bits per heavy atom. The Kier molecular flexibility index (Phi) is 10.3. The number of rotatable bonds is 11. The van der Waals surface area contributed by atoms with E-state index in [0.29, 0.717) is 0 Å². The summed E-state index contributed by atoms with van der Waals surface area (Å²) in [6.45, 7) is 16.8. The first-order chi connectivity index (χ1) is 9.80. The average molecular weight is 284 g/mol. The minimum absolute atomic E-state index is 0.991. The second-order valence-electron chi connectivity index (χ2n) is 6.15. The maximum atomic E-state index is 3.46. The van der Waals surface area contributed by atoms with Crippen molar-refractivity contribution in [3.63, 3.8) is 0 Å². The largest absolute Gasteiger partial charge is 0.317 e. The van der Waals surface area contributed by atoms with E-state index in [1.54, 1.807) is 0 Å². The molecule has 1 aliphatic rings. The molecule has 1 aliphatic heterocycles. The number of nitrogens with one attached hydrogen (secondary N) is 1. The first-order valence-electron chi connectivity index (χ1n) is 8.95. The first kappa shape index (κ1) is 17.9. The van der Waals surface area contributed by atoms with E-state index < -0.39 is 0 Å². The SMILES string of the molecule is CCN(CC)CCCN(CC)CCCC1CCNCC1. The van der Waals surface area contributed by atoms with Crippen LogP contribution in [0.5, 0.6) is 0 Å². The van der Waals surface area contributed by atoms with Crippen molar-refractivity contribution >= 4 is 0 Å². The van der Waals surface area contributed by atoms with Gasteiger partial charge in [-0.15, -0.1) is 0 Å². The van der Waals surface area contributed by atoms with E-state index in [1.807, 2.05) is 0 Å². The molecule has 3 heteroatoms. The van der Waals surface area contributed by atoms with Gasteiger partial charge in [-0.3, -0.25) is 0 Å². The molecule has 1 saturated heterocycles. The minimum atomic E-state index is 0.991. The summed E-state index contributed by atoms with van der Waals surface area (Å²) in [6, 6.07) is 0. The van der Waals surface area contributed by atoms with Crippen LogP contribution in [0.1, 0.15) is 52.9 Å². The molecule has 0 amide bonds. The zero-order valence-corrected chi connectivity index (χ0v) is 14.2. The number of hydrogen-bond donors (Lipinski definition) is 1. The third kappa shape index (κ3) is 7.61. The molecule has 0 aromatic rings. The van der Waals surface area contributed by atoms with Gasteiger partial charge in [0.2, 0.25) is 0 Å². The predicted molar refractivity (Wildman–Crippen MR) is 89.3 cm³/mol. The van der Waals surface area contributed by atoms with Crippen LogP contribution in [0.25, 0.3) is 0 Å². The lowest BCUT2D eigenvalue weighted by atomic mass is 9.93. The van der Waals surface area contributed by atoms with Gasteiger partial charge in [-0.2, -0.15) is 0 Å². The predicted octanol–water partition coefficient (Wildman–Crippen LogP) is 2.82. The van der Waals surface area contributed by atoms with Crippen LogP contribution in [-0.4, -0.2) is 62.2 Å². The monoisotopic (exact) mass is 283 g/mol. The van der Waals surface area contributed by atoms with Gasteiger partial charge in [-0.05, 0) is 90.4 Å². The Labute approximate surface area is 127 Å². The number of nitrogens with zero attached hydrogens (tertiary/aromatic N) is 2. The summed E-state index contributed by atoms with van der Waals surface area (Å²) in [5.74, 6) is 0.991. The second kappa shape index (κ2) is 11.5. The minimum Gasteiger partial charge on any atom is -0.317 e. The zero-order chi connectivity index (χ0) is 14.6. The van der Waals surface area contributed by atoms with Gasteiger partial charge in [-0.25, -0.2) is 0 Å². The molecule has 0 radical (unpaired) electrons. The molecule has 3 nitrogen and oxygen atoms in total. The Morgan fingerprint density at radius 1 is 0.800 bits per heavy atom. The van der Waals surface area contributed by atoms with Crippen LogP contribution in [0.3, 0.4) is 0 Å². The van der Waals surface area contributed by atoms with Crippen molar-refractivity contribution in [3.8, 4) is 0 Å². The van der Waals surface area contributed by atoms with Crippen molar-refractivity contribution in [1.29, 1.82) is 0 Å². The van der Waals surface area contributed by atoms with Crippen LogP contribution in [0.4, 0.5) is 0 Å². The maximum Gasteiger partial charge on any atom is -0.000666 e. The van der Waals surface area contributed by atoms with E-state index in [1.165, 1.54) is 84.5 Å². The molecule has 120 valence electrons. The molecule has 0 spiro atoms. The molecule has 0 bridgehead atoms. The van der Waals surface area contributed by atoms with Gasteiger partial charge in [0.25, 0.3) is 0 Å². The van der Waals surface area contributed by atoms with E-state index in [0.717, 1.165) is 5.92 Å². The first-order valence-corrected chi connectivity index (χ1v) is 8.95. The Hall–Kier alpha value is -0.120. The van der Waals surface area contributed by atoms with Gasteiger partial charge in [0.1, 0.15) is 0 Å². The molecule has 1 heterocycles. The normalized spacial score (nSPS) is 17.2. The van der Waals surface area contributed by atoms with Crippen molar-refractivity contribution in [2.45, 2.75) is 52.9 Å². The van der Waals surface area contributed by atoms with Crippen molar-refractivity contribution in [3.05, 3.63) is 0 Å². The lowest BCUT2D eigenvalue weighted by Gasteiger charge is -2.26. The summed E-state index contributed by atoms with van der Waals surface area (Å²) in [5.41, 5.74) is 0. The molecule has 0 aliphatic carbocycles. The summed E-state index contributed by atoms with van der Waals surface area (Å²) < 4.78 is 0. The van der Waals surface area contributed by atoms with Gasteiger partial charge < -0.3 is 15.1 Å². The van der Waals surface area contributed by atoms with Gasteiger partial charge >= 0.3 is 0 Å². The van der Waals surface area contributed by atoms with Crippen molar-refractivity contribution < 1.29 is 0 Å². The molecule has 1 N–H and O–H groups in total. The summed E-state index contributed by atoms with van der Waals surface area (Å²) in [5, 5.41) is 3.46. The van der Waals surface area contributed by atoms with Crippen LogP contribution in [0.2, 0.25) is 0 Å². The van der Waals surface area contributed by atoms with Gasteiger partial charge in [0, 0.05) is 0 Å². The van der Waals surface area contributed by atoms with E-state index in [-0.39, 0.29) is 0 Å². The van der Waals surface area contributed by atoms with Gasteiger partial charge in [0.05, 0.1) is 0 Å². The molecule has 0 saturated carbocycles. The van der Waals surface area contributed by atoms with Crippen LogP contribution >= 0.6 is 0 Å². The van der Waals surface area contributed by atoms with Crippen LogP contribution in [-0.2, 0) is 0 Å². The van der Waals surface area contributed by atoms with E-state index in [9.17, 15) is 0 Å². The molecule has 1 rings (SSSR count). The van der Waals surface area contributed by atoms with Gasteiger partial charge in [-0.1, -0.05) is 20.8 Å². The highest BCUT2D eigenvalue weighted by Crippen LogP contribution is 2.17. The topological polar surface area (TPSA) is 18.5 Å². The molecule has 0 atom stereocenters. The van der Waals surface area contributed by atoms with Crippen LogP contribution < -0.4 is 5.32 Å². The van der Waals surface area contributed by atoms with Crippen molar-refractivity contribution in [1.82, 2.24) is 15.1 Å². The van der Waals surface area contributed by atoms with Crippen molar-refractivity contribution in [2.24, 2.45) is 5.92 Å². The highest BCUT2D eigenvalue weighted by atomic mass is 15.1. The fraction of sp³-hybridized carbons (Fsp3) is 1.00. The molecule has 1 fully saturated rings.